The van der Waals surface area contributed by atoms with Crippen LogP contribution in [-0.2, 0) is 86.6 Å². The van der Waals surface area contributed by atoms with E-state index in [9.17, 15) is 71.4 Å². The number of carboxylic acids is 2. The number of rotatable bonds is 34. The summed E-state index contributed by atoms with van der Waals surface area (Å²) < 4.78 is 200. The van der Waals surface area contributed by atoms with Gasteiger partial charge in [-0.2, -0.15) is 40.2 Å². The van der Waals surface area contributed by atoms with Gasteiger partial charge in [0.25, 0.3) is 5.91 Å². The number of hydrazine groups is 1. The van der Waals surface area contributed by atoms with E-state index >= 15 is 35.1 Å². The van der Waals surface area contributed by atoms with Crippen LogP contribution in [0.2, 0.25) is 0 Å². The number of nitrogens with zero attached hydrogens (tertiary/aromatic N) is 7. The first-order chi connectivity index (χ1) is 54.6. The minimum Gasteiger partial charge on any atom is -0.481 e. The molecule has 5 amide bonds. The van der Waals surface area contributed by atoms with Crippen molar-refractivity contribution in [2.45, 2.75) is 173 Å². The van der Waals surface area contributed by atoms with Gasteiger partial charge >= 0.3 is 63.0 Å². The average Bonchev–Trinajstić information content (AvgIpc) is 1.64. The zero-order valence-electron chi connectivity index (χ0n) is 64.1. The Morgan fingerprint density at radius 3 is 1.83 bits per heavy atom. The molecule has 2 aromatic heterocycles. The number of aromatic nitrogens is 4. The smallest absolute Gasteiger partial charge is 0.481 e. The van der Waals surface area contributed by atoms with Crippen molar-refractivity contribution < 1.29 is 145 Å². The number of methoxy groups -OCH3 is 2. The predicted molar refractivity (Wildman–Crippen MR) is 385 cm³/mol. The van der Waals surface area contributed by atoms with Crippen LogP contribution in [0.25, 0.3) is 11.3 Å². The Balaban J connectivity index is 1.19. The first-order valence-electron chi connectivity index (χ1n) is 35.7. The van der Waals surface area contributed by atoms with Crippen molar-refractivity contribution in [1.29, 1.82) is 0 Å². The lowest BCUT2D eigenvalue weighted by molar-refractivity contribution is -0.221. The molecule has 9 N–H and O–H groups in total. The number of aryl methyl sites for hydroxylation is 1. The molecule has 0 aliphatic carbocycles. The molecule has 7 atom stereocenters. The highest BCUT2D eigenvalue weighted by Gasteiger charge is 2.58. The third-order valence-electron chi connectivity index (χ3n) is 19.7. The van der Waals surface area contributed by atoms with E-state index in [1.54, 1.807) is 10.6 Å². The number of esters is 1. The second-order valence-electron chi connectivity index (χ2n) is 29.5. The number of phosphoric ester groups is 1. The maximum absolute atomic E-state index is 16.8. The van der Waals surface area contributed by atoms with Crippen molar-refractivity contribution in [3.8, 4) is 28.8 Å². The first kappa shape index (κ1) is 91.6. The second-order valence-corrected chi connectivity index (χ2v) is 30.6. The molecule has 3 aliphatic rings. The number of piperazine rings is 1. The van der Waals surface area contributed by atoms with E-state index in [2.05, 4.69) is 56.8 Å². The zero-order chi connectivity index (χ0) is 86.6. The van der Waals surface area contributed by atoms with Gasteiger partial charge in [-0.1, -0.05) is 43.9 Å². The number of alkyl halides is 8. The fourth-order valence-corrected chi connectivity index (χ4v) is 13.7. The monoisotopic (exact) mass is 1690 g/mol. The van der Waals surface area contributed by atoms with E-state index in [4.69, 9.17) is 28.6 Å². The lowest BCUT2D eigenvalue weighted by Crippen LogP contribution is -2.64. The van der Waals surface area contributed by atoms with Gasteiger partial charge in [0.2, 0.25) is 24.6 Å². The van der Waals surface area contributed by atoms with E-state index < -0.39 is 213 Å². The van der Waals surface area contributed by atoms with Crippen molar-refractivity contribution in [3.63, 3.8) is 0 Å². The summed E-state index contributed by atoms with van der Waals surface area (Å²) in [5, 5.41) is 30.8. The Kier molecular flexibility index (Phi) is 29.7. The van der Waals surface area contributed by atoms with Crippen molar-refractivity contribution in [2.75, 3.05) is 58.8 Å². The molecule has 3 aromatic carbocycles. The number of carboxylic acid groups (broad SMARTS) is 2. The largest absolute Gasteiger partial charge is 0.524 e. The molecule has 2 unspecified atom stereocenters. The Hall–Kier alpha value is -10.9. The van der Waals surface area contributed by atoms with Crippen LogP contribution < -0.4 is 36.1 Å². The molecule has 5 aromatic rings. The first-order valence-corrected chi connectivity index (χ1v) is 37.3. The molecule has 8 rings (SSSR count). The highest BCUT2D eigenvalue weighted by molar-refractivity contribution is 7.46. The summed E-state index contributed by atoms with van der Waals surface area (Å²) in [5.74, 6) is -6.64. The van der Waals surface area contributed by atoms with Crippen LogP contribution in [0.1, 0.15) is 119 Å². The van der Waals surface area contributed by atoms with Crippen LogP contribution in [0.15, 0.2) is 73.2 Å². The van der Waals surface area contributed by atoms with Crippen LogP contribution in [0.3, 0.4) is 0 Å². The van der Waals surface area contributed by atoms with Gasteiger partial charge in [-0.25, -0.2) is 52.2 Å². The molecule has 2 bridgehead atoms. The number of halogens is 10. The van der Waals surface area contributed by atoms with Crippen molar-refractivity contribution in [1.82, 2.24) is 56.4 Å². The molecule has 0 saturated carbocycles. The van der Waals surface area contributed by atoms with Crippen molar-refractivity contribution in [2.24, 2.45) is 10.8 Å². The quantitative estimate of drug-likeness (QED) is 0.00360. The van der Waals surface area contributed by atoms with Gasteiger partial charge in [0.05, 0.1) is 81.0 Å². The standard InChI is InChI=1S/C73H85F10N12O21P/c1-38-22-43(27-55(96)86-51(63(102)103)18-19-56(97)98)58(53(23-38)116-117(107,108)109)69(2,3)28-57(99)113-37-114-68(106)115-54(34-93(91-62(101)60(89-67(105)111-9)71(6,7)73(81,82)83)33-47-48(74)25-42(26-49(47)75)50-20-21-94(90-50)64(76)77)52(87-61(100)59(88-66(104)110-8)70(4,5)72(78,79)80)24-40-13-10-39(11-14-40)12-15-41-29-84-65(85-30-41)92-31-44-16-17-45(32-92)95(44)46-35-112-36-46/h10-11,13-14,20-23,25-26,29-30,44-46,51-52,54,59-60,64H,16-19,24,27-28,31-37H2,1-9H3,(H,86,96)(H,87,100)(H,88,104)(H,89,105)(H,91,101)(H,97,98)(H,102,103)(H2,107,108,109)/t44?,45?,51-,52-,54-,59+,60+/m0/s1. The van der Waals surface area contributed by atoms with E-state index in [-0.39, 0.29) is 44.6 Å². The topological polar surface area (TPSA) is 430 Å². The minimum atomic E-state index is -5.51. The Labute approximate surface area is 661 Å². The maximum Gasteiger partial charge on any atom is 0.524 e. The molecular weight excluding hydrogens is 1600 g/mol. The lowest BCUT2D eigenvalue weighted by atomic mass is 9.77. The number of fused-ring (bicyclic) bond motifs is 2. The van der Waals surface area contributed by atoms with Crippen molar-refractivity contribution in [3.05, 3.63) is 124 Å². The third-order valence-corrected chi connectivity index (χ3v) is 20.1. The van der Waals surface area contributed by atoms with Gasteiger partial charge in [0.1, 0.15) is 41.6 Å². The summed E-state index contributed by atoms with van der Waals surface area (Å²) in [6.07, 6.45) is -16.6. The van der Waals surface area contributed by atoms with E-state index in [0.29, 0.717) is 95.8 Å². The summed E-state index contributed by atoms with van der Waals surface area (Å²) in [6, 6.07) is 1.36. The van der Waals surface area contributed by atoms with Gasteiger partial charge in [0, 0.05) is 84.4 Å². The van der Waals surface area contributed by atoms with Gasteiger partial charge in [-0.3, -0.25) is 44.1 Å². The molecule has 3 saturated heterocycles. The Morgan fingerprint density at radius 1 is 0.744 bits per heavy atom. The van der Waals surface area contributed by atoms with Gasteiger partial charge in [0.15, 0.2) is 0 Å². The van der Waals surface area contributed by atoms with E-state index in [1.807, 2.05) is 5.43 Å². The van der Waals surface area contributed by atoms with Crippen LogP contribution in [0, 0.1) is 41.2 Å². The summed E-state index contributed by atoms with van der Waals surface area (Å²) in [5.41, 5.74) is -8.11. The fraction of sp³-hybridized carbons (Fsp3) is 0.507. The molecule has 3 fully saturated rings. The van der Waals surface area contributed by atoms with E-state index in [0.717, 1.165) is 38.3 Å². The van der Waals surface area contributed by atoms with Crippen LogP contribution >= 0.6 is 7.82 Å². The SMILES string of the molecule is COC(=O)N[C@H](C(=O)N[C@@H](Cc1ccc(C#Cc2cnc(N3CC4CCC(C3)N4C3COC3)nc2)cc1)[C@H](CN(Cc1c(F)cc(-c2ccn(C(F)F)n2)cc1F)NC(=O)[C@@H](NC(=O)OC)C(C)(C)C(F)(F)F)OC(=O)OCOC(=O)CC(C)(C)c1c(CC(=O)N[C@@H](CCC(=O)O)C(=O)O)cc(C)cc1OP(=O)(O)O)C(C)(C)C(F)(F)F. The summed E-state index contributed by atoms with van der Waals surface area (Å²) in [6.45, 7) is 0.829. The zero-order valence-corrected chi connectivity index (χ0v) is 65.0. The Morgan fingerprint density at radius 2 is 1.32 bits per heavy atom. The molecule has 44 heteroatoms. The van der Waals surface area contributed by atoms with Gasteiger partial charge in [-0.05, 0) is 113 Å². The van der Waals surface area contributed by atoms with Crippen LogP contribution in [0.4, 0.5) is 64.2 Å². The normalized spacial score (nSPS) is 16.7. The molecule has 0 radical (unpaired) electrons. The number of alkyl carbamates (subject to hydrolysis) is 2. The molecule has 117 heavy (non-hydrogen) atoms. The summed E-state index contributed by atoms with van der Waals surface area (Å²) in [4.78, 5) is 154. The second kappa shape index (κ2) is 38.0. The number of phosphoric acid groups is 1. The number of aliphatic carboxylic acids is 2. The van der Waals surface area contributed by atoms with Crippen molar-refractivity contribution >= 4 is 67.7 Å². The number of carbonyl (C=O) groups is 9. The number of nitrogens with one attached hydrogen (secondary N) is 5. The molecule has 5 heterocycles. The number of benzene rings is 3. The lowest BCUT2D eigenvalue weighted by Gasteiger charge is -2.47. The number of anilines is 1. The maximum atomic E-state index is 16.8. The van der Waals surface area contributed by atoms with Crippen LogP contribution in [0.5, 0.6) is 5.75 Å². The predicted octanol–water partition coefficient (Wildman–Crippen LogP) is 7.80. The van der Waals surface area contributed by atoms with Gasteiger partial charge < -0.3 is 69.3 Å². The van der Waals surface area contributed by atoms with Crippen LogP contribution in [-0.4, -0.2) is 218 Å². The minimum absolute atomic E-state index is 0.0298. The van der Waals surface area contributed by atoms with Gasteiger partial charge in [-0.15, -0.1) is 0 Å². The average molecular weight is 1690 g/mol. The summed E-state index contributed by atoms with van der Waals surface area (Å²) >= 11 is 0. The third kappa shape index (κ3) is 24.1. The fourth-order valence-electron chi connectivity index (χ4n) is 13.3. The summed E-state index contributed by atoms with van der Waals surface area (Å²) in [7, 11) is -4.09. The molecular formula is C73H85F10N12O21P. The molecule has 33 nitrogen and oxygen atoms in total. The van der Waals surface area contributed by atoms with E-state index in [1.165, 1.54) is 63.5 Å². The number of amides is 5. The molecule has 638 valence electrons. The molecule has 0 spiro atoms. The highest BCUT2D eigenvalue weighted by atomic mass is 31.2. The Bertz CT molecular complexity index is 4540. The molecule has 3 aliphatic heterocycles. The number of ether oxygens (including phenoxy) is 6. The number of hydrogen-bond acceptors (Lipinski definition) is 23. The number of hydrogen-bond donors (Lipinski definition) is 9. The number of carbonyl (C=O) groups excluding carboxylic acids is 7. The highest BCUT2D eigenvalue weighted by Crippen LogP contribution is 2.47.